The summed E-state index contributed by atoms with van der Waals surface area (Å²) in [6.45, 7) is 2.62. The third-order valence-electron chi connectivity index (χ3n) is 2.64. The van der Waals surface area contributed by atoms with Gasteiger partial charge in [0.1, 0.15) is 5.82 Å². The largest absolute Gasteiger partial charge is 0.381 e. The second-order valence-corrected chi connectivity index (χ2v) is 5.83. The van der Waals surface area contributed by atoms with Gasteiger partial charge in [-0.3, -0.25) is 0 Å². The highest BCUT2D eigenvalue weighted by Gasteiger charge is 2.05. The predicted molar refractivity (Wildman–Crippen MR) is 80.3 cm³/mol. The van der Waals surface area contributed by atoms with Crippen LogP contribution in [0.5, 0.6) is 0 Å². The lowest BCUT2D eigenvalue weighted by Crippen LogP contribution is -2.01. The molecule has 0 saturated heterocycles. The smallest absolute Gasteiger partial charge is 0.139 e. The van der Waals surface area contributed by atoms with Gasteiger partial charge in [0.15, 0.2) is 0 Å². The first-order valence-corrected chi connectivity index (χ1v) is 7.09. The van der Waals surface area contributed by atoms with Gasteiger partial charge in [0.05, 0.1) is 4.47 Å². The maximum atomic E-state index is 13.5. The number of rotatable bonds is 3. The fraction of sp³-hybridized carbons (Fsp3) is 0.143. The number of aryl methyl sites for hydroxylation is 1. The Morgan fingerprint density at radius 2 is 1.94 bits per heavy atom. The van der Waals surface area contributed by atoms with Crippen molar-refractivity contribution in [3.05, 3.63) is 62.3 Å². The Hall–Kier alpha value is -0.870. The molecule has 1 nitrogen and oxygen atoms in total. The van der Waals surface area contributed by atoms with Gasteiger partial charge in [-0.1, -0.05) is 28.1 Å². The molecule has 0 amide bonds. The van der Waals surface area contributed by atoms with Gasteiger partial charge in [0.2, 0.25) is 0 Å². The van der Waals surface area contributed by atoms with Gasteiger partial charge in [0, 0.05) is 16.7 Å². The van der Waals surface area contributed by atoms with Crippen molar-refractivity contribution in [2.24, 2.45) is 0 Å². The average molecular weight is 373 g/mol. The van der Waals surface area contributed by atoms with Crippen LogP contribution in [0.4, 0.5) is 10.1 Å². The van der Waals surface area contributed by atoms with Gasteiger partial charge >= 0.3 is 0 Å². The van der Waals surface area contributed by atoms with Crippen molar-refractivity contribution >= 4 is 37.5 Å². The van der Waals surface area contributed by atoms with E-state index in [1.807, 2.05) is 31.2 Å². The zero-order chi connectivity index (χ0) is 13.1. The van der Waals surface area contributed by atoms with Crippen LogP contribution in [-0.4, -0.2) is 0 Å². The van der Waals surface area contributed by atoms with Gasteiger partial charge in [-0.25, -0.2) is 4.39 Å². The summed E-state index contributed by atoms with van der Waals surface area (Å²) in [5, 5.41) is 3.24. The molecule has 0 radical (unpaired) electrons. The number of hydrogen-bond donors (Lipinski definition) is 1. The molecule has 2 rings (SSSR count). The van der Waals surface area contributed by atoms with Crippen LogP contribution in [0, 0.1) is 12.7 Å². The van der Waals surface area contributed by atoms with Crippen molar-refractivity contribution in [3.63, 3.8) is 0 Å². The highest BCUT2D eigenvalue weighted by atomic mass is 79.9. The maximum absolute atomic E-state index is 13.5. The second-order valence-electron chi connectivity index (χ2n) is 4.06. The van der Waals surface area contributed by atoms with Crippen molar-refractivity contribution < 1.29 is 4.39 Å². The standard InChI is InChI=1S/C14H12Br2FN/c1-9-5-12(16)13(17)7-14(9)18-8-10-3-2-4-11(15)6-10/h2-7,18H,8H2,1H3. The molecule has 0 saturated carbocycles. The highest BCUT2D eigenvalue weighted by Crippen LogP contribution is 2.24. The molecule has 1 N–H and O–H groups in total. The van der Waals surface area contributed by atoms with E-state index in [1.165, 1.54) is 6.07 Å². The van der Waals surface area contributed by atoms with E-state index >= 15 is 0 Å². The zero-order valence-electron chi connectivity index (χ0n) is 9.81. The van der Waals surface area contributed by atoms with Gasteiger partial charge in [-0.05, 0) is 58.2 Å². The molecule has 94 valence electrons. The topological polar surface area (TPSA) is 12.0 Å². The van der Waals surface area contributed by atoms with Crippen molar-refractivity contribution in [2.45, 2.75) is 13.5 Å². The fourth-order valence-corrected chi connectivity index (χ4v) is 2.59. The minimum atomic E-state index is -0.252. The van der Waals surface area contributed by atoms with E-state index < -0.39 is 0 Å². The van der Waals surface area contributed by atoms with Gasteiger partial charge in [0.25, 0.3) is 0 Å². The summed E-state index contributed by atoms with van der Waals surface area (Å²) in [6, 6.07) is 11.3. The Morgan fingerprint density at radius 1 is 1.17 bits per heavy atom. The summed E-state index contributed by atoms with van der Waals surface area (Å²) in [5.41, 5.74) is 2.97. The molecule has 0 aromatic heterocycles. The summed E-state index contributed by atoms with van der Waals surface area (Å²) in [5.74, 6) is -0.252. The van der Waals surface area contributed by atoms with Crippen LogP contribution in [0.2, 0.25) is 0 Å². The monoisotopic (exact) mass is 371 g/mol. The van der Waals surface area contributed by atoms with Crippen LogP contribution >= 0.6 is 31.9 Å². The van der Waals surface area contributed by atoms with E-state index in [9.17, 15) is 4.39 Å². The molecular formula is C14H12Br2FN. The average Bonchev–Trinajstić information content (AvgIpc) is 2.32. The fourth-order valence-electron chi connectivity index (χ4n) is 1.68. The van der Waals surface area contributed by atoms with Crippen LogP contribution in [0.25, 0.3) is 0 Å². The molecule has 0 atom stereocenters. The number of hydrogen-bond acceptors (Lipinski definition) is 1. The summed E-state index contributed by atoms with van der Waals surface area (Å²) in [4.78, 5) is 0. The number of nitrogens with one attached hydrogen (secondary N) is 1. The first-order chi connectivity index (χ1) is 8.56. The predicted octanol–water partition coefficient (Wildman–Crippen LogP) is 5.27. The van der Waals surface area contributed by atoms with Crippen LogP contribution < -0.4 is 5.32 Å². The lowest BCUT2D eigenvalue weighted by atomic mass is 10.1. The van der Waals surface area contributed by atoms with Crippen LogP contribution in [0.3, 0.4) is 0 Å². The van der Waals surface area contributed by atoms with E-state index in [1.54, 1.807) is 6.07 Å². The SMILES string of the molecule is Cc1cc(Br)c(F)cc1NCc1cccc(Br)c1. The van der Waals surface area contributed by atoms with Crippen molar-refractivity contribution in [3.8, 4) is 0 Å². The highest BCUT2D eigenvalue weighted by molar-refractivity contribution is 9.10. The molecule has 4 heteroatoms. The Kier molecular flexibility index (Phi) is 4.40. The molecule has 0 spiro atoms. The molecule has 0 fully saturated rings. The number of anilines is 1. The van der Waals surface area contributed by atoms with Crippen LogP contribution in [0.1, 0.15) is 11.1 Å². The molecule has 0 aliphatic carbocycles. The third kappa shape index (κ3) is 3.33. The Bertz CT molecular complexity index is 570. The quantitative estimate of drug-likeness (QED) is 0.773. The minimum Gasteiger partial charge on any atom is -0.381 e. The molecule has 0 aliphatic rings. The Morgan fingerprint density at radius 3 is 2.67 bits per heavy atom. The third-order valence-corrected chi connectivity index (χ3v) is 3.74. The molecule has 0 unspecified atom stereocenters. The summed E-state index contributed by atoms with van der Waals surface area (Å²) >= 11 is 6.61. The van der Waals surface area contributed by atoms with Gasteiger partial charge in [-0.2, -0.15) is 0 Å². The maximum Gasteiger partial charge on any atom is 0.139 e. The zero-order valence-corrected chi connectivity index (χ0v) is 13.0. The summed E-state index contributed by atoms with van der Waals surface area (Å²) in [7, 11) is 0. The Labute approximate surface area is 123 Å². The molecule has 2 aromatic carbocycles. The number of benzene rings is 2. The van der Waals surface area contributed by atoms with Crippen molar-refractivity contribution in [1.82, 2.24) is 0 Å². The van der Waals surface area contributed by atoms with Crippen molar-refractivity contribution in [2.75, 3.05) is 5.32 Å². The van der Waals surface area contributed by atoms with E-state index in [0.29, 0.717) is 11.0 Å². The molecule has 2 aromatic rings. The molecule has 18 heavy (non-hydrogen) atoms. The minimum absolute atomic E-state index is 0.252. The lowest BCUT2D eigenvalue weighted by molar-refractivity contribution is 0.621. The first-order valence-electron chi connectivity index (χ1n) is 5.50. The Balaban J connectivity index is 2.13. The van der Waals surface area contributed by atoms with Gasteiger partial charge < -0.3 is 5.32 Å². The summed E-state index contributed by atoms with van der Waals surface area (Å²) in [6.07, 6.45) is 0. The molecule has 0 aliphatic heterocycles. The first kappa shape index (κ1) is 13.6. The van der Waals surface area contributed by atoms with Crippen LogP contribution in [0.15, 0.2) is 45.3 Å². The van der Waals surface area contributed by atoms with E-state index in [-0.39, 0.29) is 5.82 Å². The molecule has 0 bridgehead atoms. The van der Waals surface area contributed by atoms with E-state index in [2.05, 4.69) is 37.2 Å². The summed E-state index contributed by atoms with van der Waals surface area (Å²) < 4.78 is 15.0. The molecular weight excluding hydrogens is 361 g/mol. The molecule has 0 heterocycles. The normalized spacial score (nSPS) is 10.4. The van der Waals surface area contributed by atoms with Crippen molar-refractivity contribution in [1.29, 1.82) is 0 Å². The lowest BCUT2D eigenvalue weighted by Gasteiger charge is -2.11. The van der Waals surface area contributed by atoms with Crippen LogP contribution in [-0.2, 0) is 6.54 Å². The van der Waals surface area contributed by atoms with E-state index in [0.717, 1.165) is 21.3 Å². The van der Waals surface area contributed by atoms with Gasteiger partial charge in [-0.15, -0.1) is 0 Å². The van der Waals surface area contributed by atoms with E-state index in [4.69, 9.17) is 0 Å². The number of halogens is 3. The second kappa shape index (κ2) is 5.85.